The van der Waals surface area contributed by atoms with E-state index in [9.17, 15) is 14.4 Å². The topological polar surface area (TPSA) is 136 Å². The van der Waals surface area contributed by atoms with Crippen LogP contribution in [0.3, 0.4) is 0 Å². The number of ether oxygens (including phenoxy) is 1. The van der Waals surface area contributed by atoms with Crippen molar-refractivity contribution in [2.75, 3.05) is 33.4 Å². The van der Waals surface area contributed by atoms with Gasteiger partial charge in [-0.2, -0.15) is 0 Å². The fourth-order valence-corrected chi connectivity index (χ4v) is 4.48. The Morgan fingerprint density at radius 3 is 1.96 bits per heavy atom. The normalized spacial score (nSPS) is 11.5. The van der Waals surface area contributed by atoms with Crippen LogP contribution in [0.2, 0.25) is 6.04 Å². The number of hydrogen-bond acceptors (Lipinski definition) is 7. The molecule has 0 rings (SSSR count). The van der Waals surface area contributed by atoms with Crippen LogP contribution in [0.25, 0.3) is 0 Å². The predicted octanol–water partition coefficient (Wildman–Crippen LogP) is 2.74. The molecule has 11 nitrogen and oxygen atoms in total. The van der Waals surface area contributed by atoms with E-state index < -0.39 is 27.1 Å². The maximum atomic E-state index is 11.7. The first-order valence-electron chi connectivity index (χ1n) is 7.83. The van der Waals surface area contributed by atoms with Gasteiger partial charge in [-0.3, -0.25) is 0 Å². The van der Waals surface area contributed by atoms with Gasteiger partial charge in [0.2, 0.25) is 0 Å². The van der Waals surface area contributed by atoms with E-state index in [1.165, 1.54) is 7.05 Å². The van der Waals surface area contributed by atoms with Gasteiger partial charge in [-0.05, 0) is 27.2 Å². The third-order valence-electron chi connectivity index (χ3n) is 2.77. The number of carbonyl (C=O) groups excluding carboxylic acids is 2. The zero-order valence-electron chi connectivity index (χ0n) is 14.9. The van der Waals surface area contributed by atoms with Crippen molar-refractivity contribution in [2.24, 2.45) is 10.2 Å². The van der Waals surface area contributed by atoms with Gasteiger partial charge >= 0.3 is 27.1 Å². The molecule has 0 aromatic carbocycles. The van der Waals surface area contributed by atoms with Gasteiger partial charge in [-0.15, -0.1) is 0 Å². The first-order valence-corrected chi connectivity index (χ1v) is 9.76. The third kappa shape index (κ3) is 9.86. The summed E-state index contributed by atoms with van der Waals surface area (Å²) in [5, 5.41) is 13.5. The number of nitrogens with zero attached hydrogens (tertiary/aromatic N) is 3. The lowest BCUT2D eigenvalue weighted by Crippen LogP contribution is -2.46. The van der Waals surface area contributed by atoms with Crippen LogP contribution in [0.4, 0.5) is 14.4 Å². The molecule has 144 valence electrons. The lowest BCUT2D eigenvalue weighted by molar-refractivity contribution is 0.0697. The molecule has 0 fully saturated rings. The molecule has 0 aromatic rings. The van der Waals surface area contributed by atoms with Gasteiger partial charge in [-0.1, -0.05) is 10.2 Å². The van der Waals surface area contributed by atoms with Gasteiger partial charge in [0, 0.05) is 39.5 Å². The Labute approximate surface area is 147 Å². The van der Waals surface area contributed by atoms with Crippen molar-refractivity contribution < 1.29 is 37.5 Å². The Balaban J connectivity index is 4.49. The molecular weight excluding hydrogens is 354 g/mol. The van der Waals surface area contributed by atoms with Crippen LogP contribution in [0.5, 0.6) is 0 Å². The summed E-state index contributed by atoms with van der Waals surface area (Å²) >= 11 is 0. The standard InChI is InChI=1S/C13H25N3O8Si/c1-5-21-25(22-6-2,23-7-3)10-8-9-16(4)13(20)24-12(19)15-14-11(17)18/h5-10H2,1-4H3,(H,17,18). The van der Waals surface area contributed by atoms with Crippen LogP contribution in [-0.4, -0.2) is 70.5 Å². The molecule has 0 heterocycles. The lowest BCUT2D eigenvalue weighted by atomic mass is 10.4. The van der Waals surface area contributed by atoms with E-state index in [2.05, 4.69) is 15.0 Å². The monoisotopic (exact) mass is 379 g/mol. The van der Waals surface area contributed by atoms with E-state index >= 15 is 0 Å². The molecule has 3 amide bonds. The zero-order valence-corrected chi connectivity index (χ0v) is 15.9. The Bertz CT molecular complexity index is 457. The number of carboxylic acid groups (broad SMARTS) is 1. The molecule has 0 aliphatic heterocycles. The second-order valence-electron chi connectivity index (χ2n) is 4.62. The van der Waals surface area contributed by atoms with E-state index in [0.29, 0.717) is 32.3 Å². The molecule has 0 bridgehead atoms. The Kier molecular flexibility index (Phi) is 11.5. The summed E-state index contributed by atoms with van der Waals surface area (Å²) in [5.41, 5.74) is 0. The summed E-state index contributed by atoms with van der Waals surface area (Å²) in [4.78, 5) is 34.1. The van der Waals surface area contributed by atoms with Crippen molar-refractivity contribution in [2.45, 2.75) is 33.2 Å². The SMILES string of the molecule is CCO[Si](CCCN(C)C(=O)OC(=O)N=NC(=O)O)(OCC)OCC. The minimum Gasteiger partial charge on any atom is -0.462 e. The molecule has 0 aliphatic carbocycles. The second-order valence-corrected chi connectivity index (χ2v) is 7.36. The summed E-state index contributed by atoms with van der Waals surface area (Å²) < 4.78 is 21.4. The number of carbonyl (C=O) groups is 3. The molecule has 0 atom stereocenters. The molecule has 1 N–H and O–H groups in total. The van der Waals surface area contributed by atoms with Crippen LogP contribution in [0.15, 0.2) is 10.2 Å². The predicted molar refractivity (Wildman–Crippen MR) is 87.4 cm³/mol. The van der Waals surface area contributed by atoms with Crippen LogP contribution in [-0.2, 0) is 18.0 Å². The summed E-state index contributed by atoms with van der Waals surface area (Å²) in [7, 11) is -1.37. The quantitative estimate of drug-likeness (QED) is 0.347. The highest BCUT2D eigenvalue weighted by Crippen LogP contribution is 2.18. The van der Waals surface area contributed by atoms with Gasteiger partial charge in [0.25, 0.3) is 0 Å². The van der Waals surface area contributed by atoms with E-state index in [1.807, 2.05) is 20.8 Å². The summed E-state index contributed by atoms with van der Waals surface area (Å²) in [6, 6.07) is 0.493. The molecule has 0 radical (unpaired) electrons. The van der Waals surface area contributed by atoms with Crippen LogP contribution < -0.4 is 0 Å². The lowest BCUT2D eigenvalue weighted by Gasteiger charge is -2.29. The first-order chi connectivity index (χ1) is 11.8. The molecule has 0 saturated carbocycles. The number of amides is 3. The fraction of sp³-hybridized carbons (Fsp3) is 0.769. The van der Waals surface area contributed by atoms with Crippen molar-refractivity contribution in [3.63, 3.8) is 0 Å². The van der Waals surface area contributed by atoms with E-state index in [-0.39, 0.29) is 6.54 Å². The fourth-order valence-electron chi connectivity index (χ4n) is 1.88. The van der Waals surface area contributed by atoms with Gasteiger partial charge in [0.15, 0.2) is 0 Å². The van der Waals surface area contributed by atoms with Crippen molar-refractivity contribution in [1.82, 2.24) is 4.90 Å². The molecular formula is C13H25N3O8Si. The van der Waals surface area contributed by atoms with Gasteiger partial charge in [0.1, 0.15) is 0 Å². The summed E-state index contributed by atoms with van der Waals surface area (Å²) in [6.45, 7) is 7.15. The van der Waals surface area contributed by atoms with E-state index in [0.717, 1.165) is 4.90 Å². The van der Waals surface area contributed by atoms with Crippen LogP contribution in [0, 0.1) is 0 Å². The van der Waals surface area contributed by atoms with Crippen LogP contribution in [0.1, 0.15) is 27.2 Å². The number of hydrogen-bond donors (Lipinski definition) is 1. The average Bonchev–Trinajstić information content (AvgIpc) is 2.53. The minimum atomic E-state index is -2.80. The molecule has 0 saturated heterocycles. The number of rotatable bonds is 10. The molecule has 0 aliphatic rings. The van der Waals surface area contributed by atoms with Gasteiger partial charge in [0.05, 0.1) is 0 Å². The largest absolute Gasteiger partial charge is 0.500 e. The third-order valence-corrected chi connectivity index (χ3v) is 5.92. The Morgan fingerprint density at radius 2 is 1.52 bits per heavy atom. The molecule has 0 unspecified atom stereocenters. The molecule has 25 heavy (non-hydrogen) atoms. The van der Waals surface area contributed by atoms with Gasteiger partial charge in [-0.25, -0.2) is 14.4 Å². The van der Waals surface area contributed by atoms with Crippen molar-refractivity contribution in [1.29, 1.82) is 0 Å². The van der Waals surface area contributed by atoms with Crippen molar-refractivity contribution in [3.8, 4) is 0 Å². The maximum Gasteiger partial charge on any atom is 0.500 e. The zero-order chi connectivity index (χ0) is 19.3. The van der Waals surface area contributed by atoms with E-state index in [1.54, 1.807) is 0 Å². The minimum absolute atomic E-state index is 0.254. The Hall–Kier alpha value is -1.89. The summed E-state index contributed by atoms with van der Waals surface area (Å²) in [5.74, 6) is 0. The highest BCUT2D eigenvalue weighted by atomic mass is 28.4. The molecule has 0 spiro atoms. The number of azo groups is 1. The first kappa shape index (κ1) is 23.1. The second kappa shape index (κ2) is 12.5. The van der Waals surface area contributed by atoms with Crippen LogP contribution >= 0.6 is 0 Å². The van der Waals surface area contributed by atoms with Crippen molar-refractivity contribution in [3.05, 3.63) is 0 Å². The Morgan fingerprint density at radius 1 is 1.00 bits per heavy atom. The van der Waals surface area contributed by atoms with Gasteiger partial charge < -0.3 is 28.0 Å². The average molecular weight is 379 g/mol. The molecule has 0 aromatic heterocycles. The highest BCUT2D eigenvalue weighted by Gasteiger charge is 2.39. The highest BCUT2D eigenvalue weighted by molar-refractivity contribution is 6.60. The van der Waals surface area contributed by atoms with E-state index in [4.69, 9.17) is 18.4 Å². The van der Waals surface area contributed by atoms with Crippen molar-refractivity contribution >= 4 is 27.1 Å². The summed E-state index contributed by atoms with van der Waals surface area (Å²) in [6.07, 6.45) is -3.53. The smallest absolute Gasteiger partial charge is 0.462 e. The maximum absolute atomic E-state index is 11.7. The molecule has 12 heteroatoms.